The van der Waals surface area contributed by atoms with Crippen molar-refractivity contribution in [1.29, 1.82) is 0 Å². The molecule has 0 fully saturated rings. The van der Waals surface area contributed by atoms with Gasteiger partial charge in [-0.3, -0.25) is 4.79 Å². The molecule has 0 unspecified atom stereocenters. The molecule has 1 rings (SSSR count). The lowest BCUT2D eigenvalue weighted by atomic mass is 10.1. The number of aliphatic carboxylic acids is 1. The Balaban J connectivity index is 2.99. The summed E-state index contributed by atoms with van der Waals surface area (Å²) in [7, 11) is -3.73. The molecule has 0 bridgehead atoms. The van der Waals surface area contributed by atoms with E-state index < -0.39 is 25.6 Å². The molecule has 0 aliphatic heterocycles. The molecule has 0 aliphatic rings. The van der Waals surface area contributed by atoms with Crippen LogP contribution in [0.3, 0.4) is 0 Å². The third-order valence-electron chi connectivity index (χ3n) is 2.02. The Morgan fingerprint density at radius 2 is 1.71 bits per heavy atom. The van der Waals surface area contributed by atoms with Gasteiger partial charge in [0.2, 0.25) is 10.0 Å². The lowest BCUT2D eigenvalue weighted by molar-refractivity contribution is -0.136. The van der Waals surface area contributed by atoms with Crippen LogP contribution in [0.4, 0.5) is 0 Å². The van der Waals surface area contributed by atoms with E-state index in [-0.39, 0.29) is 4.90 Å². The van der Waals surface area contributed by atoms with Crippen LogP contribution in [0.25, 0.3) is 0 Å². The molecule has 0 amide bonds. The van der Waals surface area contributed by atoms with Crippen LogP contribution in [0.15, 0.2) is 29.2 Å². The fraction of sp³-hybridized carbons (Fsp3) is 0.222. The molecular formula is C9H9Br2NO4S. The summed E-state index contributed by atoms with van der Waals surface area (Å²) in [5.74, 6) is -1.01. The topological polar surface area (TPSA) is 97.5 Å². The normalized spacial score (nSPS) is 15.2. The van der Waals surface area contributed by atoms with Crippen molar-refractivity contribution in [3.05, 3.63) is 29.8 Å². The number of carbonyl (C=O) groups is 1. The smallest absolute Gasteiger partial charge is 0.318 e. The summed E-state index contributed by atoms with van der Waals surface area (Å²) in [5, 5.41) is 13.8. The van der Waals surface area contributed by atoms with Gasteiger partial charge in [0.25, 0.3) is 0 Å². The highest BCUT2D eigenvalue weighted by atomic mass is 79.9. The first-order valence-corrected chi connectivity index (χ1v) is 7.75. The second kappa shape index (κ2) is 5.47. The van der Waals surface area contributed by atoms with Gasteiger partial charge >= 0.3 is 5.97 Å². The molecule has 1 aromatic rings. The number of nitrogens with two attached hydrogens (primary N) is 1. The summed E-state index contributed by atoms with van der Waals surface area (Å²) in [6.07, 6.45) is 0. The highest BCUT2D eigenvalue weighted by molar-refractivity contribution is 9.12. The van der Waals surface area contributed by atoms with Gasteiger partial charge < -0.3 is 5.11 Å². The molecule has 0 heterocycles. The van der Waals surface area contributed by atoms with Crippen molar-refractivity contribution in [2.75, 3.05) is 0 Å². The largest absolute Gasteiger partial charge is 0.480 e. The SMILES string of the molecule is NS(=O)(=O)c1ccc([C@H](Br)[C@@H](Br)C(=O)O)cc1. The minimum absolute atomic E-state index is 0.0117. The third kappa shape index (κ3) is 3.77. The van der Waals surface area contributed by atoms with Gasteiger partial charge in [-0.2, -0.15) is 0 Å². The van der Waals surface area contributed by atoms with Crippen molar-refractivity contribution in [3.63, 3.8) is 0 Å². The highest BCUT2D eigenvalue weighted by Gasteiger charge is 2.24. The number of sulfonamides is 1. The molecule has 0 radical (unpaired) electrons. The number of carboxylic acids is 1. The van der Waals surface area contributed by atoms with E-state index in [4.69, 9.17) is 10.2 Å². The lowest BCUT2D eigenvalue weighted by Gasteiger charge is -2.13. The van der Waals surface area contributed by atoms with Gasteiger partial charge in [-0.05, 0) is 17.7 Å². The molecule has 0 spiro atoms. The van der Waals surface area contributed by atoms with Gasteiger partial charge in [0, 0.05) is 0 Å². The maximum atomic E-state index is 11.0. The van der Waals surface area contributed by atoms with Crippen molar-refractivity contribution in [2.24, 2.45) is 5.14 Å². The van der Waals surface area contributed by atoms with Crippen LogP contribution in [-0.4, -0.2) is 24.3 Å². The second-order valence-electron chi connectivity index (χ2n) is 3.26. The number of rotatable bonds is 4. The van der Waals surface area contributed by atoms with Crippen LogP contribution in [0, 0.1) is 0 Å². The van der Waals surface area contributed by atoms with Crippen LogP contribution in [-0.2, 0) is 14.8 Å². The first-order chi connectivity index (χ1) is 7.73. The standard InChI is InChI=1S/C9H9Br2NO4S/c10-7(8(11)9(13)14)5-1-3-6(4-2-5)17(12,15)16/h1-4,7-8H,(H,13,14)(H2,12,15,16)/t7-,8+/m0/s1. The quantitative estimate of drug-likeness (QED) is 0.768. The van der Waals surface area contributed by atoms with Crippen LogP contribution in [0.1, 0.15) is 10.4 Å². The van der Waals surface area contributed by atoms with E-state index in [9.17, 15) is 13.2 Å². The van der Waals surface area contributed by atoms with Crippen molar-refractivity contribution in [2.45, 2.75) is 14.5 Å². The van der Waals surface area contributed by atoms with E-state index in [1.807, 2.05) is 0 Å². The van der Waals surface area contributed by atoms with Crippen molar-refractivity contribution in [1.82, 2.24) is 0 Å². The summed E-state index contributed by atoms with van der Waals surface area (Å²) in [5.41, 5.74) is 0.640. The van der Waals surface area contributed by atoms with Crippen molar-refractivity contribution in [3.8, 4) is 0 Å². The Kier molecular flexibility index (Phi) is 4.70. The van der Waals surface area contributed by atoms with Crippen LogP contribution < -0.4 is 5.14 Å². The molecule has 0 aliphatic carbocycles. The molecule has 0 saturated carbocycles. The number of halogens is 2. The summed E-state index contributed by atoms with van der Waals surface area (Å²) in [6.45, 7) is 0. The molecular weight excluding hydrogens is 378 g/mol. The first-order valence-electron chi connectivity index (χ1n) is 4.37. The summed E-state index contributed by atoms with van der Waals surface area (Å²) in [4.78, 5) is 9.47. The van der Waals surface area contributed by atoms with Gasteiger partial charge in [-0.25, -0.2) is 13.6 Å². The molecule has 17 heavy (non-hydrogen) atoms. The van der Waals surface area contributed by atoms with E-state index in [2.05, 4.69) is 31.9 Å². The van der Waals surface area contributed by atoms with Gasteiger partial charge in [-0.1, -0.05) is 44.0 Å². The van der Waals surface area contributed by atoms with Gasteiger partial charge in [0.1, 0.15) is 4.83 Å². The maximum Gasteiger partial charge on any atom is 0.318 e. The van der Waals surface area contributed by atoms with Crippen LogP contribution in [0.5, 0.6) is 0 Å². The summed E-state index contributed by atoms with van der Waals surface area (Å²) >= 11 is 6.23. The van der Waals surface area contributed by atoms with Crippen molar-refractivity contribution < 1.29 is 18.3 Å². The minimum atomic E-state index is -3.73. The van der Waals surface area contributed by atoms with E-state index in [0.717, 1.165) is 0 Å². The zero-order valence-corrected chi connectivity index (χ0v) is 12.4. The van der Waals surface area contributed by atoms with Gasteiger partial charge in [0.15, 0.2) is 0 Å². The highest BCUT2D eigenvalue weighted by Crippen LogP contribution is 2.31. The number of alkyl halides is 2. The molecule has 0 aromatic heterocycles. The van der Waals surface area contributed by atoms with Gasteiger partial charge in [-0.15, -0.1) is 0 Å². The molecule has 94 valence electrons. The monoisotopic (exact) mass is 385 g/mol. The zero-order chi connectivity index (χ0) is 13.2. The Hall–Kier alpha value is -0.440. The zero-order valence-electron chi connectivity index (χ0n) is 8.38. The van der Waals surface area contributed by atoms with Crippen LogP contribution in [0.2, 0.25) is 0 Å². The van der Waals surface area contributed by atoms with Crippen molar-refractivity contribution >= 4 is 47.9 Å². The number of carboxylic acid groups (broad SMARTS) is 1. The third-order valence-corrected chi connectivity index (χ3v) is 5.64. The number of benzene rings is 1. The molecule has 0 saturated heterocycles. The Bertz CT molecular complexity index is 514. The molecule has 8 heteroatoms. The fourth-order valence-corrected chi connectivity index (χ4v) is 2.49. The van der Waals surface area contributed by atoms with E-state index in [0.29, 0.717) is 5.56 Å². The second-order valence-corrected chi connectivity index (χ2v) is 6.79. The fourth-order valence-electron chi connectivity index (χ4n) is 1.14. The molecule has 5 nitrogen and oxygen atoms in total. The van der Waals surface area contributed by atoms with E-state index in [1.54, 1.807) is 0 Å². The molecule has 3 N–H and O–H groups in total. The average molecular weight is 387 g/mol. The van der Waals surface area contributed by atoms with E-state index in [1.165, 1.54) is 24.3 Å². The first kappa shape index (κ1) is 14.6. The predicted molar refractivity (Wildman–Crippen MR) is 69.8 cm³/mol. The summed E-state index contributed by atoms with van der Waals surface area (Å²) in [6, 6.07) is 5.69. The average Bonchev–Trinajstić information content (AvgIpc) is 2.26. The van der Waals surface area contributed by atoms with Gasteiger partial charge in [0.05, 0.1) is 9.72 Å². The number of hydrogen-bond donors (Lipinski definition) is 2. The summed E-state index contributed by atoms with van der Waals surface area (Å²) < 4.78 is 22.0. The number of hydrogen-bond acceptors (Lipinski definition) is 3. The Morgan fingerprint density at radius 3 is 2.06 bits per heavy atom. The predicted octanol–water partition coefficient (Wildman–Crippen LogP) is 1.62. The number of primary sulfonamides is 1. The molecule has 1 aromatic carbocycles. The molecule has 2 atom stereocenters. The van der Waals surface area contributed by atoms with Crippen LogP contribution >= 0.6 is 31.9 Å². The minimum Gasteiger partial charge on any atom is -0.480 e. The maximum absolute atomic E-state index is 11.0. The Labute approximate surface area is 115 Å². The lowest BCUT2D eigenvalue weighted by Crippen LogP contribution is -2.18. The Morgan fingerprint density at radius 1 is 1.24 bits per heavy atom. The van der Waals surface area contributed by atoms with E-state index >= 15 is 0 Å².